The van der Waals surface area contributed by atoms with Crippen LogP contribution < -0.4 is 5.32 Å². The molecule has 22 heavy (non-hydrogen) atoms. The predicted molar refractivity (Wildman–Crippen MR) is 95.0 cm³/mol. The number of nitrogens with one attached hydrogen (secondary N) is 1. The molecular formula is C18H22ClNOS. The van der Waals surface area contributed by atoms with Crippen molar-refractivity contribution in [3.63, 3.8) is 0 Å². The van der Waals surface area contributed by atoms with Crippen molar-refractivity contribution in [3.05, 3.63) is 56.7 Å². The summed E-state index contributed by atoms with van der Waals surface area (Å²) in [6.07, 6.45) is 4.06. The number of hydrogen-bond donors (Lipinski definition) is 1. The van der Waals surface area contributed by atoms with Crippen LogP contribution in [0.4, 0.5) is 0 Å². The summed E-state index contributed by atoms with van der Waals surface area (Å²) >= 11 is 7.21. The van der Waals surface area contributed by atoms with Crippen LogP contribution in [-0.2, 0) is 13.0 Å². The van der Waals surface area contributed by atoms with Crippen molar-refractivity contribution >= 4 is 28.7 Å². The number of carbonyl (C=O) groups is 1. The van der Waals surface area contributed by atoms with Crippen molar-refractivity contribution in [1.29, 1.82) is 0 Å². The van der Waals surface area contributed by atoms with Crippen LogP contribution in [0.3, 0.4) is 0 Å². The monoisotopic (exact) mass is 335 g/mol. The van der Waals surface area contributed by atoms with Gasteiger partial charge in [-0.1, -0.05) is 49.2 Å². The van der Waals surface area contributed by atoms with Gasteiger partial charge in [0.05, 0.1) is 9.21 Å². The van der Waals surface area contributed by atoms with Crippen molar-refractivity contribution in [1.82, 2.24) is 5.32 Å². The Morgan fingerprint density at radius 1 is 1.18 bits per heavy atom. The van der Waals surface area contributed by atoms with E-state index in [0.717, 1.165) is 17.8 Å². The zero-order valence-corrected chi connectivity index (χ0v) is 14.5. The highest BCUT2D eigenvalue weighted by molar-refractivity contribution is 7.18. The molecule has 0 saturated heterocycles. The van der Waals surface area contributed by atoms with E-state index in [1.807, 2.05) is 0 Å². The second-order valence-electron chi connectivity index (χ2n) is 5.33. The van der Waals surface area contributed by atoms with Crippen molar-refractivity contribution in [2.45, 2.75) is 39.2 Å². The molecule has 2 aromatic rings. The van der Waals surface area contributed by atoms with Gasteiger partial charge in [0, 0.05) is 19.5 Å². The normalized spacial score (nSPS) is 10.8. The highest BCUT2D eigenvalue weighted by atomic mass is 35.5. The van der Waals surface area contributed by atoms with Gasteiger partial charge in [0.25, 0.3) is 0 Å². The van der Waals surface area contributed by atoms with E-state index in [-0.39, 0.29) is 5.78 Å². The lowest BCUT2D eigenvalue weighted by Crippen LogP contribution is -2.18. The molecule has 0 fully saturated rings. The van der Waals surface area contributed by atoms with Gasteiger partial charge in [-0.3, -0.25) is 4.79 Å². The molecule has 2 rings (SSSR count). The lowest BCUT2D eigenvalue weighted by Gasteiger charge is -2.10. The average Bonchev–Trinajstić information content (AvgIpc) is 2.97. The Balaban J connectivity index is 1.78. The van der Waals surface area contributed by atoms with Gasteiger partial charge in [0.1, 0.15) is 0 Å². The zero-order chi connectivity index (χ0) is 15.8. The Morgan fingerprint density at radius 3 is 2.64 bits per heavy atom. The third-order valence-electron chi connectivity index (χ3n) is 3.61. The maximum Gasteiger partial charge on any atom is 0.174 e. The van der Waals surface area contributed by atoms with Gasteiger partial charge >= 0.3 is 0 Å². The molecule has 118 valence electrons. The van der Waals surface area contributed by atoms with E-state index in [2.05, 4.69) is 36.5 Å². The van der Waals surface area contributed by atoms with E-state index in [4.69, 9.17) is 11.6 Å². The fraction of sp³-hybridized carbons (Fsp3) is 0.389. The van der Waals surface area contributed by atoms with Crippen LogP contribution in [0.15, 0.2) is 36.4 Å². The highest BCUT2D eigenvalue weighted by Crippen LogP contribution is 2.22. The van der Waals surface area contributed by atoms with E-state index < -0.39 is 0 Å². The number of unbranched alkanes of at least 4 members (excludes halogenated alkanes) is 1. The molecule has 0 aliphatic carbocycles. The van der Waals surface area contributed by atoms with E-state index in [1.54, 1.807) is 12.1 Å². The number of hydrogen-bond acceptors (Lipinski definition) is 3. The molecule has 1 aromatic carbocycles. The summed E-state index contributed by atoms with van der Waals surface area (Å²) in [5.41, 5.74) is 2.75. The Bertz CT molecular complexity index is 609. The predicted octanol–water partition coefficient (Wildman–Crippen LogP) is 5.11. The van der Waals surface area contributed by atoms with Gasteiger partial charge < -0.3 is 5.32 Å². The number of benzene rings is 1. The summed E-state index contributed by atoms with van der Waals surface area (Å²) in [4.78, 5) is 12.7. The lowest BCUT2D eigenvalue weighted by molar-refractivity contribution is 0.0986. The molecule has 0 saturated carbocycles. The molecule has 4 heteroatoms. The largest absolute Gasteiger partial charge is 0.312 e. The molecule has 0 atom stereocenters. The van der Waals surface area contributed by atoms with Crippen LogP contribution in [0.5, 0.6) is 0 Å². The number of rotatable bonds is 9. The van der Waals surface area contributed by atoms with Gasteiger partial charge in [0.15, 0.2) is 5.78 Å². The molecule has 0 aliphatic heterocycles. The fourth-order valence-electron chi connectivity index (χ4n) is 2.35. The Hall–Kier alpha value is -1.16. The first-order valence-corrected chi connectivity index (χ1v) is 8.96. The Morgan fingerprint density at radius 2 is 1.95 bits per heavy atom. The number of aryl methyl sites for hydroxylation is 1. The minimum absolute atomic E-state index is 0.156. The number of carbonyl (C=O) groups excluding carboxylic acids is 1. The highest BCUT2D eigenvalue weighted by Gasteiger charge is 2.08. The summed E-state index contributed by atoms with van der Waals surface area (Å²) in [5.74, 6) is 0.156. The van der Waals surface area contributed by atoms with Gasteiger partial charge in [-0.25, -0.2) is 0 Å². The third-order valence-corrected chi connectivity index (χ3v) is 4.88. The summed E-state index contributed by atoms with van der Waals surface area (Å²) in [7, 11) is 0. The van der Waals surface area contributed by atoms with E-state index >= 15 is 0 Å². The lowest BCUT2D eigenvalue weighted by atomic mass is 10.0. The summed E-state index contributed by atoms with van der Waals surface area (Å²) in [5, 5.41) is 3.38. The Labute approximate surface area is 141 Å². The summed E-state index contributed by atoms with van der Waals surface area (Å²) in [6.45, 7) is 3.72. The van der Waals surface area contributed by atoms with Crippen molar-refractivity contribution in [2.24, 2.45) is 0 Å². The molecule has 0 spiro atoms. The number of Topliss-reactive ketones (excluding diaryl/α,β-unsaturated/α-hetero) is 1. The standard InChI is InChI=1S/C18H22ClNOS/c1-2-3-6-14-7-4-5-8-15(14)13-20-12-11-16(21)17-9-10-18(19)22-17/h4-5,7-10,20H,2-3,6,11-13H2,1H3. The van der Waals surface area contributed by atoms with E-state index in [0.29, 0.717) is 17.3 Å². The smallest absolute Gasteiger partial charge is 0.174 e. The van der Waals surface area contributed by atoms with E-state index in [9.17, 15) is 4.79 Å². The van der Waals surface area contributed by atoms with Gasteiger partial charge in [0.2, 0.25) is 0 Å². The molecule has 0 aliphatic rings. The topological polar surface area (TPSA) is 29.1 Å². The van der Waals surface area contributed by atoms with Crippen LogP contribution in [0.2, 0.25) is 4.34 Å². The minimum atomic E-state index is 0.156. The molecule has 2 nitrogen and oxygen atoms in total. The van der Waals surface area contributed by atoms with E-state index in [1.165, 1.54) is 35.3 Å². The average molecular weight is 336 g/mol. The molecule has 1 heterocycles. The maximum atomic E-state index is 12.0. The minimum Gasteiger partial charge on any atom is -0.312 e. The maximum absolute atomic E-state index is 12.0. The summed E-state index contributed by atoms with van der Waals surface area (Å²) in [6, 6.07) is 12.1. The van der Waals surface area contributed by atoms with Crippen LogP contribution >= 0.6 is 22.9 Å². The first-order valence-electron chi connectivity index (χ1n) is 7.76. The van der Waals surface area contributed by atoms with Gasteiger partial charge in [-0.2, -0.15) is 0 Å². The van der Waals surface area contributed by atoms with Gasteiger partial charge in [-0.05, 0) is 36.1 Å². The van der Waals surface area contributed by atoms with Crippen molar-refractivity contribution in [3.8, 4) is 0 Å². The molecule has 0 amide bonds. The van der Waals surface area contributed by atoms with Crippen LogP contribution in [0.1, 0.15) is 47.0 Å². The number of halogens is 1. The molecular weight excluding hydrogens is 314 g/mol. The second kappa shape index (κ2) is 9.09. The van der Waals surface area contributed by atoms with Crippen LogP contribution in [0, 0.1) is 0 Å². The summed E-state index contributed by atoms with van der Waals surface area (Å²) < 4.78 is 0.668. The fourth-order valence-corrected chi connectivity index (χ4v) is 3.36. The SMILES string of the molecule is CCCCc1ccccc1CNCCC(=O)c1ccc(Cl)s1. The van der Waals surface area contributed by atoms with Gasteiger partial charge in [-0.15, -0.1) is 11.3 Å². The molecule has 0 bridgehead atoms. The van der Waals surface area contributed by atoms with Crippen molar-refractivity contribution in [2.75, 3.05) is 6.54 Å². The molecule has 1 N–H and O–H groups in total. The second-order valence-corrected chi connectivity index (χ2v) is 7.04. The van der Waals surface area contributed by atoms with Crippen LogP contribution in [-0.4, -0.2) is 12.3 Å². The zero-order valence-electron chi connectivity index (χ0n) is 12.9. The first kappa shape index (κ1) is 17.2. The third kappa shape index (κ3) is 5.24. The first-order chi connectivity index (χ1) is 10.7. The quantitative estimate of drug-likeness (QED) is 0.510. The number of ketones is 1. The Kier molecular flexibility index (Phi) is 7.10. The number of thiophene rings is 1. The van der Waals surface area contributed by atoms with Crippen molar-refractivity contribution < 1.29 is 4.79 Å². The molecule has 1 aromatic heterocycles. The molecule has 0 unspecified atom stereocenters. The molecule has 0 radical (unpaired) electrons. The van der Waals surface area contributed by atoms with Crippen LogP contribution in [0.25, 0.3) is 0 Å².